The van der Waals surface area contributed by atoms with Gasteiger partial charge in [-0.15, -0.1) is 0 Å². The number of nitrogens with zero attached hydrogens (tertiary/aromatic N) is 4. The normalized spacial score (nSPS) is 24.9. The monoisotopic (exact) mass is 300 g/mol. The summed E-state index contributed by atoms with van der Waals surface area (Å²) >= 11 is 0. The Bertz CT molecular complexity index is 494. The van der Waals surface area contributed by atoms with Crippen LogP contribution in [-0.2, 0) is 0 Å². The summed E-state index contributed by atoms with van der Waals surface area (Å²) in [6.07, 6.45) is 14.3. The Kier molecular flexibility index (Phi) is 3.93. The molecule has 3 fully saturated rings. The molecule has 0 bridgehead atoms. The summed E-state index contributed by atoms with van der Waals surface area (Å²) in [4.78, 5) is 13.9. The summed E-state index contributed by atoms with van der Waals surface area (Å²) in [5.41, 5.74) is 0.666. The van der Waals surface area contributed by atoms with E-state index in [0.717, 1.165) is 24.7 Å². The molecule has 2 aliphatic heterocycles. The quantitative estimate of drug-likeness (QED) is 0.835. The number of rotatable bonds is 2. The first-order valence-electron chi connectivity index (χ1n) is 9.17. The van der Waals surface area contributed by atoms with Crippen LogP contribution in [0.5, 0.6) is 0 Å². The van der Waals surface area contributed by atoms with E-state index in [1.807, 2.05) is 0 Å². The second-order valence-electron chi connectivity index (χ2n) is 7.48. The van der Waals surface area contributed by atoms with Crippen LogP contribution in [0.2, 0.25) is 0 Å². The molecule has 2 saturated heterocycles. The molecule has 3 heterocycles. The van der Waals surface area contributed by atoms with Gasteiger partial charge in [-0.05, 0) is 43.9 Å². The smallest absolute Gasteiger partial charge is 0.134 e. The minimum atomic E-state index is 0.666. The maximum atomic E-state index is 4.56. The first-order chi connectivity index (χ1) is 10.8. The molecule has 1 spiro atoms. The van der Waals surface area contributed by atoms with E-state index in [1.165, 1.54) is 70.9 Å². The highest BCUT2D eigenvalue weighted by Gasteiger charge is 2.35. The van der Waals surface area contributed by atoms with Crippen molar-refractivity contribution in [1.82, 2.24) is 9.97 Å². The first kappa shape index (κ1) is 14.3. The van der Waals surface area contributed by atoms with Crippen LogP contribution in [0.1, 0.15) is 57.8 Å². The maximum Gasteiger partial charge on any atom is 0.134 e. The molecule has 1 saturated carbocycles. The summed E-state index contributed by atoms with van der Waals surface area (Å²) in [6.45, 7) is 4.66. The number of piperidine rings is 1. The molecule has 22 heavy (non-hydrogen) atoms. The fourth-order valence-corrected chi connectivity index (χ4v) is 4.64. The van der Waals surface area contributed by atoms with Crippen molar-refractivity contribution in [2.24, 2.45) is 5.41 Å². The van der Waals surface area contributed by atoms with E-state index in [4.69, 9.17) is 0 Å². The van der Waals surface area contributed by atoms with Crippen molar-refractivity contribution in [2.75, 3.05) is 36.0 Å². The van der Waals surface area contributed by atoms with Crippen LogP contribution in [0.3, 0.4) is 0 Å². The Hall–Kier alpha value is -1.32. The molecular weight excluding hydrogens is 272 g/mol. The lowest BCUT2D eigenvalue weighted by molar-refractivity contribution is 0.144. The van der Waals surface area contributed by atoms with Gasteiger partial charge in [-0.3, -0.25) is 0 Å². The van der Waals surface area contributed by atoms with Crippen LogP contribution >= 0.6 is 0 Å². The molecule has 4 rings (SSSR count). The summed E-state index contributed by atoms with van der Waals surface area (Å²) in [7, 11) is 0. The molecule has 1 aliphatic carbocycles. The molecule has 120 valence electrons. The lowest BCUT2D eigenvalue weighted by atomic mass is 9.68. The molecule has 0 radical (unpaired) electrons. The van der Waals surface area contributed by atoms with Crippen molar-refractivity contribution < 1.29 is 0 Å². The molecule has 4 nitrogen and oxygen atoms in total. The van der Waals surface area contributed by atoms with Gasteiger partial charge in [-0.2, -0.15) is 0 Å². The number of anilines is 2. The van der Waals surface area contributed by atoms with Crippen molar-refractivity contribution in [3.8, 4) is 0 Å². The third-order valence-corrected chi connectivity index (χ3v) is 6.13. The van der Waals surface area contributed by atoms with Crippen molar-refractivity contribution in [1.29, 1.82) is 0 Å². The minimum absolute atomic E-state index is 0.666. The topological polar surface area (TPSA) is 32.3 Å². The Morgan fingerprint density at radius 3 is 1.91 bits per heavy atom. The van der Waals surface area contributed by atoms with Crippen molar-refractivity contribution >= 4 is 11.6 Å². The fraction of sp³-hybridized carbons (Fsp3) is 0.778. The molecule has 3 aliphatic rings. The lowest BCUT2D eigenvalue weighted by Crippen LogP contribution is -2.41. The van der Waals surface area contributed by atoms with Gasteiger partial charge >= 0.3 is 0 Å². The van der Waals surface area contributed by atoms with Crippen LogP contribution in [0.4, 0.5) is 11.6 Å². The van der Waals surface area contributed by atoms with E-state index in [9.17, 15) is 0 Å². The van der Waals surface area contributed by atoms with E-state index < -0.39 is 0 Å². The zero-order valence-electron chi connectivity index (χ0n) is 13.6. The van der Waals surface area contributed by atoms with Crippen LogP contribution in [-0.4, -0.2) is 36.1 Å². The predicted octanol–water partition coefficient (Wildman–Crippen LogP) is 3.63. The van der Waals surface area contributed by atoms with Gasteiger partial charge in [0.1, 0.15) is 18.0 Å². The molecule has 0 unspecified atom stereocenters. The Labute approximate surface area is 133 Å². The summed E-state index contributed by atoms with van der Waals surface area (Å²) < 4.78 is 0. The predicted molar refractivity (Wildman–Crippen MR) is 90.4 cm³/mol. The molecule has 0 N–H and O–H groups in total. The summed E-state index contributed by atoms with van der Waals surface area (Å²) in [6, 6.07) is 2.21. The molecule has 0 amide bonds. The first-order valence-corrected chi connectivity index (χ1v) is 9.17. The van der Waals surface area contributed by atoms with E-state index in [1.54, 1.807) is 6.33 Å². The SMILES string of the molecule is c1nc(N2CCCC2)cc(N2CCC3(CCCCC3)CC2)n1. The highest BCUT2D eigenvalue weighted by Crippen LogP contribution is 2.45. The Morgan fingerprint density at radius 1 is 0.682 bits per heavy atom. The van der Waals surface area contributed by atoms with Crippen molar-refractivity contribution in [2.45, 2.75) is 57.8 Å². The van der Waals surface area contributed by atoms with Crippen LogP contribution in [0.25, 0.3) is 0 Å². The van der Waals surface area contributed by atoms with Gasteiger partial charge in [-0.1, -0.05) is 19.3 Å². The fourth-order valence-electron chi connectivity index (χ4n) is 4.64. The molecule has 1 aromatic heterocycles. The van der Waals surface area contributed by atoms with E-state index >= 15 is 0 Å². The van der Waals surface area contributed by atoms with Gasteiger partial charge < -0.3 is 9.80 Å². The number of hydrogen-bond acceptors (Lipinski definition) is 4. The lowest BCUT2D eigenvalue weighted by Gasteiger charge is -2.44. The molecule has 1 aromatic rings. The zero-order chi connectivity index (χ0) is 14.8. The van der Waals surface area contributed by atoms with Crippen LogP contribution in [0, 0.1) is 5.41 Å². The number of aromatic nitrogens is 2. The van der Waals surface area contributed by atoms with Gasteiger partial charge in [0.2, 0.25) is 0 Å². The van der Waals surface area contributed by atoms with Crippen LogP contribution < -0.4 is 9.80 Å². The zero-order valence-corrected chi connectivity index (χ0v) is 13.6. The van der Waals surface area contributed by atoms with Gasteiger partial charge in [0, 0.05) is 32.2 Å². The summed E-state index contributed by atoms with van der Waals surface area (Å²) in [5, 5.41) is 0. The maximum absolute atomic E-state index is 4.56. The third kappa shape index (κ3) is 2.80. The number of hydrogen-bond donors (Lipinski definition) is 0. The summed E-state index contributed by atoms with van der Waals surface area (Å²) in [5.74, 6) is 2.27. The van der Waals surface area contributed by atoms with Gasteiger partial charge in [0.15, 0.2) is 0 Å². The van der Waals surface area contributed by atoms with E-state index in [0.29, 0.717) is 5.41 Å². The molecule has 0 aromatic carbocycles. The highest BCUT2D eigenvalue weighted by molar-refractivity contribution is 5.50. The van der Waals surface area contributed by atoms with E-state index in [2.05, 4.69) is 25.8 Å². The second-order valence-corrected chi connectivity index (χ2v) is 7.48. The second kappa shape index (κ2) is 6.05. The van der Waals surface area contributed by atoms with Crippen LogP contribution in [0.15, 0.2) is 12.4 Å². The Balaban J connectivity index is 1.43. The Morgan fingerprint density at radius 2 is 1.27 bits per heavy atom. The molecular formula is C18H28N4. The molecule has 0 atom stereocenters. The average molecular weight is 300 g/mol. The molecule has 4 heteroatoms. The van der Waals surface area contributed by atoms with Gasteiger partial charge in [0.25, 0.3) is 0 Å². The van der Waals surface area contributed by atoms with Crippen molar-refractivity contribution in [3.63, 3.8) is 0 Å². The van der Waals surface area contributed by atoms with Gasteiger partial charge in [-0.25, -0.2) is 9.97 Å². The highest BCUT2D eigenvalue weighted by atomic mass is 15.2. The average Bonchev–Trinajstić information content (AvgIpc) is 3.11. The minimum Gasteiger partial charge on any atom is -0.356 e. The third-order valence-electron chi connectivity index (χ3n) is 6.13. The largest absolute Gasteiger partial charge is 0.356 e. The van der Waals surface area contributed by atoms with Gasteiger partial charge in [0.05, 0.1) is 0 Å². The van der Waals surface area contributed by atoms with E-state index in [-0.39, 0.29) is 0 Å². The standard InChI is InChI=1S/C18H28N4/c1-2-6-18(7-3-1)8-12-22(13-9-18)17-14-16(19-15-20-17)21-10-4-5-11-21/h14-15H,1-13H2. The van der Waals surface area contributed by atoms with Crippen molar-refractivity contribution in [3.05, 3.63) is 12.4 Å².